The monoisotopic (exact) mass is 490 g/mol. The highest BCUT2D eigenvalue weighted by Gasteiger charge is 2.16. The molecule has 0 aliphatic carbocycles. The zero-order chi connectivity index (χ0) is 25.5. The third kappa shape index (κ3) is 5.74. The average Bonchev–Trinajstić information content (AvgIpc) is 2.89. The molecule has 188 valence electrons. The Morgan fingerprint density at radius 1 is 0.750 bits per heavy atom. The first-order valence-corrected chi connectivity index (χ1v) is 11.7. The fourth-order valence-electron chi connectivity index (χ4n) is 3.88. The number of hydrogen-bond acceptors (Lipinski definition) is 7. The van der Waals surface area contributed by atoms with Crippen LogP contribution in [0, 0.1) is 6.92 Å². The molecule has 0 saturated heterocycles. The number of rotatable bonds is 11. The summed E-state index contributed by atoms with van der Waals surface area (Å²) in [5.74, 6) is 3.31. The van der Waals surface area contributed by atoms with Crippen LogP contribution in [0.5, 0.6) is 28.7 Å². The van der Waals surface area contributed by atoms with E-state index < -0.39 is 0 Å². The van der Waals surface area contributed by atoms with E-state index in [1.807, 2.05) is 31.2 Å². The standard InChI is InChI=1S/C29H30O7/c1-19-8-7-9-21(14-19)34-12-5-6-13-35-22-10-11-25-23(17-22)24(30)18-26(36-25)20-15-27(31-2)29(33-4)28(16-20)32-3/h7-11,14-18H,5-6,12-13H2,1-4H3. The van der Waals surface area contributed by atoms with Gasteiger partial charge in [0.1, 0.15) is 22.8 Å². The fourth-order valence-corrected chi connectivity index (χ4v) is 3.88. The van der Waals surface area contributed by atoms with E-state index >= 15 is 0 Å². The van der Waals surface area contributed by atoms with Gasteiger partial charge in [-0.15, -0.1) is 0 Å². The highest BCUT2D eigenvalue weighted by atomic mass is 16.5. The number of fused-ring (bicyclic) bond motifs is 1. The zero-order valence-corrected chi connectivity index (χ0v) is 21.0. The van der Waals surface area contributed by atoms with Gasteiger partial charge in [-0.25, -0.2) is 0 Å². The SMILES string of the molecule is COc1cc(-c2cc(=O)c3cc(OCCCCOc4cccc(C)c4)ccc3o2)cc(OC)c1OC. The van der Waals surface area contributed by atoms with Gasteiger partial charge in [-0.1, -0.05) is 12.1 Å². The van der Waals surface area contributed by atoms with E-state index in [4.69, 9.17) is 28.1 Å². The minimum atomic E-state index is -0.169. The van der Waals surface area contributed by atoms with Gasteiger partial charge in [0.2, 0.25) is 5.75 Å². The molecular weight excluding hydrogens is 460 g/mol. The lowest BCUT2D eigenvalue weighted by molar-refractivity contribution is 0.266. The van der Waals surface area contributed by atoms with Crippen LogP contribution in [-0.2, 0) is 0 Å². The van der Waals surface area contributed by atoms with Crippen LogP contribution in [0.4, 0.5) is 0 Å². The number of aryl methyl sites for hydroxylation is 1. The molecule has 0 atom stereocenters. The molecule has 0 aliphatic rings. The summed E-state index contributed by atoms with van der Waals surface area (Å²) >= 11 is 0. The molecule has 0 unspecified atom stereocenters. The lowest BCUT2D eigenvalue weighted by Gasteiger charge is -2.14. The van der Waals surface area contributed by atoms with E-state index in [0.29, 0.717) is 58.5 Å². The Bertz CT molecular complexity index is 1370. The summed E-state index contributed by atoms with van der Waals surface area (Å²) in [4.78, 5) is 12.9. The van der Waals surface area contributed by atoms with Crippen molar-refractivity contribution in [3.8, 4) is 40.1 Å². The molecule has 7 heteroatoms. The molecule has 36 heavy (non-hydrogen) atoms. The van der Waals surface area contributed by atoms with E-state index in [9.17, 15) is 4.79 Å². The van der Waals surface area contributed by atoms with Gasteiger partial charge < -0.3 is 28.1 Å². The van der Waals surface area contributed by atoms with Crippen molar-refractivity contribution >= 4 is 11.0 Å². The smallest absolute Gasteiger partial charge is 0.203 e. The third-order valence-corrected chi connectivity index (χ3v) is 5.71. The van der Waals surface area contributed by atoms with E-state index in [2.05, 4.69) is 0 Å². The second-order valence-corrected chi connectivity index (χ2v) is 8.27. The van der Waals surface area contributed by atoms with Crippen molar-refractivity contribution in [2.45, 2.75) is 19.8 Å². The highest BCUT2D eigenvalue weighted by molar-refractivity contribution is 5.80. The van der Waals surface area contributed by atoms with Gasteiger partial charge >= 0.3 is 0 Å². The van der Waals surface area contributed by atoms with Gasteiger partial charge in [-0.05, 0) is 67.8 Å². The molecule has 4 aromatic rings. The molecule has 0 aliphatic heterocycles. The van der Waals surface area contributed by atoms with Crippen LogP contribution >= 0.6 is 0 Å². The minimum absolute atomic E-state index is 0.169. The fraction of sp³-hybridized carbons (Fsp3) is 0.276. The van der Waals surface area contributed by atoms with Crippen LogP contribution in [0.3, 0.4) is 0 Å². The summed E-state index contributed by atoms with van der Waals surface area (Å²) in [6, 6.07) is 18.2. The number of benzene rings is 3. The Labute approximate surface area is 210 Å². The molecule has 0 saturated carbocycles. The summed E-state index contributed by atoms with van der Waals surface area (Å²) in [5, 5.41) is 0.450. The van der Waals surface area contributed by atoms with Crippen molar-refractivity contribution in [2.75, 3.05) is 34.5 Å². The van der Waals surface area contributed by atoms with Crippen LogP contribution in [0.2, 0.25) is 0 Å². The van der Waals surface area contributed by atoms with E-state index in [0.717, 1.165) is 18.6 Å². The van der Waals surface area contributed by atoms with Crippen LogP contribution in [-0.4, -0.2) is 34.5 Å². The Hall–Kier alpha value is -4.13. The van der Waals surface area contributed by atoms with Gasteiger partial charge in [-0.3, -0.25) is 4.79 Å². The van der Waals surface area contributed by atoms with Crippen molar-refractivity contribution in [1.29, 1.82) is 0 Å². The quantitative estimate of drug-likeness (QED) is 0.238. The van der Waals surface area contributed by atoms with Crippen molar-refractivity contribution in [1.82, 2.24) is 0 Å². The summed E-state index contributed by atoms with van der Waals surface area (Å²) in [7, 11) is 4.61. The van der Waals surface area contributed by atoms with Crippen LogP contribution < -0.4 is 29.1 Å². The van der Waals surface area contributed by atoms with Gasteiger partial charge in [0.25, 0.3) is 0 Å². The molecule has 0 amide bonds. The van der Waals surface area contributed by atoms with Crippen molar-refractivity contribution in [3.05, 3.63) is 76.5 Å². The third-order valence-electron chi connectivity index (χ3n) is 5.71. The normalized spacial score (nSPS) is 10.8. The molecule has 0 bridgehead atoms. The summed E-state index contributed by atoms with van der Waals surface area (Å²) < 4.78 is 33.9. The molecule has 0 radical (unpaired) electrons. The zero-order valence-electron chi connectivity index (χ0n) is 21.0. The largest absolute Gasteiger partial charge is 0.494 e. The number of hydrogen-bond donors (Lipinski definition) is 0. The number of unbranched alkanes of at least 4 members (excludes halogenated alkanes) is 1. The van der Waals surface area contributed by atoms with Gasteiger partial charge in [0.15, 0.2) is 16.9 Å². The number of ether oxygens (including phenoxy) is 5. The van der Waals surface area contributed by atoms with E-state index in [1.165, 1.54) is 33.0 Å². The van der Waals surface area contributed by atoms with Crippen LogP contribution in [0.1, 0.15) is 18.4 Å². The van der Waals surface area contributed by atoms with E-state index in [1.54, 1.807) is 30.3 Å². The maximum absolute atomic E-state index is 12.9. The number of methoxy groups -OCH3 is 3. The maximum Gasteiger partial charge on any atom is 0.203 e. The lowest BCUT2D eigenvalue weighted by Crippen LogP contribution is -2.04. The molecule has 1 heterocycles. The molecule has 0 fully saturated rings. The lowest BCUT2D eigenvalue weighted by atomic mass is 10.1. The van der Waals surface area contributed by atoms with Gasteiger partial charge in [-0.2, -0.15) is 0 Å². The van der Waals surface area contributed by atoms with Gasteiger partial charge in [0, 0.05) is 11.6 Å². The Balaban J connectivity index is 1.42. The predicted molar refractivity (Wildman–Crippen MR) is 139 cm³/mol. The average molecular weight is 491 g/mol. The predicted octanol–water partition coefficient (Wildman–Crippen LogP) is 6.03. The minimum Gasteiger partial charge on any atom is -0.494 e. The summed E-state index contributed by atoms with van der Waals surface area (Å²) in [5.41, 5.74) is 2.10. The van der Waals surface area contributed by atoms with Crippen molar-refractivity contribution < 1.29 is 28.1 Å². The highest BCUT2D eigenvalue weighted by Crippen LogP contribution is 2.41. The van der Waals surface area contributed by atoms with Crippen LogP contribution in [0.25, 0.3) is 22.3 Å². The molecule has 4 rings (SSSR count). The molecule has 1 aromatic heterocycles. The molecular formula is C29H30O7. The van der Waals surface area contributed by atoms with Crippen molar-refractivity contribution in [3.63, 3.8) is 0 Å². The Kier molecular flexibility index (Phi) is 8.00. The Morgan fingerprint density at radius 2 is 1.42 bits per heavy atom. The first-order valence-electron chi connectivity index (χ1n) is 11.7. The molecule has 7 nitrogen and oxygen atoms in total. The first-order chi connectivity index (χ1) is 17.5. The van der Waals surface area contributed by atoms with Crippen molar-refractivity contribution in [2.24, 2.45) is 0 Å². The molecule has 0 N–H and O–H groups in total. The second kappa shape index (κ2) is 11.5. The van der Waals surface area contributed by atoms with E-state index in [-0.39, 0.29) is 5.43 Å². The summed E-state index contributed by atoms with van der Waals surface area (Å²) in [6.45, 7) is 3.19. The first kappa shape index (κ1) is 25.0. The Morgan fingerprint density at radius 3 is 2.03 bits per heavy atom. The topological polar surface area (TPSA) is 76.4 Å². The molecule has 3 aromatic carbocycles. The van der Waals surface area contributed by atoms with Crippen LogP contribution in [0.15, 0.2) is 69.9 Å². The maximum atomic E-state index is 12.9. The molecule has 0 spiro atoms. The second-order valence-electron chi connectivity index (χ2n) is 8.27. The summed E-state index contributed by atoms with van der Waals surface area (Å²) in [6.07, 6.45) is 1.69. The van der Waals surface area contributed by atoms with Gasteiger partial charge in [0.05, 0.1) is 39.9 Å².